The molecule has 3 aromatic rings. The second-order valence-corrected chi connectivity index (χ2v) is 4.77. The Labute approximate surface area is 125 Å². The summed E-state index contributed by atoms with van der Waals surface area (Å²) in [5.74, 6) is -1.45. The number of hydrogen-bond donors (Lipinski definition) is 1. The summed E-state index contributed by atoms with van der Waals surface area (Å²) < 4.78 is 28.1. The lowest BCUT2D eigenvalue weighted by Crippen LogP contribution is -2.04. The van der Waals surface area contributed by atoms with Crippen LogP contribution in [0.3, 0.4) is 0 Å². The summed E-state index contributed by atoms with van der Waals surface area (Å²) >= 11 is 0. The molecule has 0 saturated carbocycles. The summed E-state index contributed by atoms with van der Waals surface area (Å²) in [5, 5.41) is 4.20. The average molecular weight is 301 g/mol. The van der Waals surface area contributed by atoms with E-state index >= 15 is 0 Å². The van der Waals surface area contributed by atoms with Gasteiger partial charge in [-0.3, -0.25) is 4.98 Å². The number of nitrogens with zero attached hydrogens (tertiary/aromatic N) is 4. The molecule has 0 radical (unpaired) electrons. The van der Waals surface area contributed by atoms with E-state index in [1.807, 2.05) is 18.2 Å². The molecule has 2 heterocycles. The van der Waals surface area contributed by atoms with Crippen LogP contribution in [-0.4, -0.2) is 20.2 Å². The number of aromatic nitrogens is 3. The van der Waals surface area contributed by atoms with Crippen molar-refractivity contribution in [2.24, 2.45) is 12.1 Å². The first-order chi connectivity index (χ1) is 10.6. The van der Waals surface area contributed by atoms with E-state index in [2.05, 4.69) is 20.5 Å². The molecule has 0 aliphatic carbocycles. The molecule has 0 aliphatic rings. The first kappa shape index (κ1) is 14.1. The van der Waals surface area contributed by atoms with Crippen LogP contribution in [0.2, 0.25) is 0 Å². The molecule has 0 bridgehead atoms. The fraction of sp³-hybridized carbons (Fsp3) is 0.133. The summed E-state index contributed by atoms with van der Waals surface area (Å²) in [6.45, 7) is 1.80. The quantitative estimate of drug-likeness (QED) is 0.597. The van der Waals surface area contributed by atoms with Crippen molar-refractivity contribution < 1.29 is 8.78 Å². The third kappa shape index (κ3) is 2.52. The zero-order valence-corrected chi connectivity index (χ0v) is 12.0. The highest BCUT2D eigenvalue weighted by atomic mass is 19.2. The van der Waals surface area contributed by atoms with Crippen molar-refractivity contribution in [1.29, 1.82) is 0 Å². The van der Waals surface area contributed by atoms with Gasteiger partial charge < -0.3 is 4.57 Å². The molecular weight excluding hydrogens is 288 g/mol. The second-order valence-electron chi connectivity index (χ2n) is 4.77. The Kier molecular flexibility index (Phi) is 3.54. The molecule has 5 nitrogen and oxygen atoms in total. The van der Waals surface area contributed by atoms with Gasteiger partial charge in [0, 0.05) is 25.4 Å². The fourth-order valence-corrected chi connectivity index (χ4v) is 2.06. The largest absolute Gasteiger partial charge is 0.312 e. The number of fused-ring (bicyclic) bond motifs is 1. The van der Waals surface area contributed by atoms with Crippen molar-refractivity contribution in [3.8, 4) is 0 Å². The van der Waals surface area contributed by atoms with Crippen LogP contribution in [-0.2, 0) is 7.05 Å². The van der Waals surface area contributed by atoms with Crippen LogP contribution in [0, 0.1) is 11.6 Å². The van der Waals surface area contributed by atoms with Crippen LogP contribution in [0.5, 0.6) is 0 Å². The first-order valence-corrected chi connectivity index (χ1v) is 6.59. The van der Waals surface area contributed by atoms with Gasteiger partial charge in [-0.25, -0.2) is 19.2 Å². The maximum atomic E-state index is 13.3. The van der Waals surface area contributed by atoms with Crippen molar-refractivity contribution in [2.75, 3.05) is 5.43 Å². The van der Waals surface area contributed by atoms with Crippen LogP contribution in [0.1, 0.15) is 12.6 Å². The molecule has 3 rings (SSSR count). The van der Waals surface area contributed by atoms with Gasteiger partial charge in [0.1, 0.15) is 0 Å². The summed E-state index contributed by atoms with van der Waals surface area (Å²) in [4.78, 5) is 8.38. The lowest BCUT2D eigenvalue weighted by Gasteiger charge is -2.03. The molecular formula is C15H13F2N5. The van der Waals surface area contributed by atoms with Gasteiger partial charge in [0.05, 0.1) is 22.4 Å². The Morgan fingerprint density at radius 2 is 2.00 bits per heavy atom. The highest BCUT2D eigenvalue weighted by molar-refractivity contribution is 5.97. The minimum absolute atomic E-state index is 0.356. The minimum atomic E-state index is -0.926. The molecule has 112 valence electrons. The van der Waals surface area contributed by atoms with Gasteiger partial charge in [0.25, 0.3) is 0 Å². The SMILES string of the molecule is C/C(=N\Nc1nc2cc(F)c(F)cc2n1C)c1ccccn1. The molecule has 1 N–H and O–H groups in total. The Balaban J connectivity index is 1.93. The van der Waals surface area contributed by atoms with E-state index in [1.54, 1.807) is 24.7 Å². The van der Waals surface area contributed by atoms with Gasteiger partial charge in [-0.2, -0.15) is 5.10 Å². The molecule has 22 heavy (non-hydrogen) atoms. The highest BCUT2D eigenvalue weighted by Gasteiger charge is 2.11. The van der Waals surface area contributed by atoms with Crippen LogP contribution in [0.15, 0.2) is 41.6 Å². The number of pyridine rings is 1. The van der Waals surface area contributed by atoms with Crippen molar-refractivity contribution in [2.45, 2.75) is 6.92 Å². The number of hydrogen-bond acceptors (Lipinski definition) is 4. The van der Waals surface area contributed by atoms with E-state index in [4.69, 9.17) is 0 Å². The van der Waals surface area contributed by atoms with Gasteiger partial charge in [-0.1, -0.05) is 6.07 Å². The Bertz CT molecular complexity index is 855. The number of aryl methyl sites for hydroxylation is 1. The Hall–Kier alpha value is -2.83. The van der Waals surface area contributed by atoms with Gasteiger partial charge in [-0.15, -0.1) is 0 Å². The molecule has 0 fully saturated rings. The number of halogens is 2. The summed E-state index contributed by atoms with van der Waals surface area (Å²) in [7, 11) is 1.70. The third-order valence-corrected chi connectivity index (χ3v) is 3.28. The van der Waals surface area contributed by atoms with E-state index in [0.29, 0.717) is 22.7 Å². The Morgan fingerprint density at radius 1 is 1.23 bits per heavy atom. The molecule has 0 amide bonds. The lowest BCUT2D eigenvalue weighted by atomic mass is 10.3. The van der Waals surface area contributed by atoms with Crippen LogP contribution >= 0.6 is 0 Å². The maximum absolute atomic E-state index is 13.3. The second kappa shape index (κ2) is 5.51. The number of benzene rings is 1. The van der Waals surface area contributed by atoms with Crippen molar-refractivity contribution in [3.63, 3.8) is 0 Å². The zero-order chi connectivity index (χ0) is 15.7. The minimum Gasteiger partial charge on any atom is -0.312 e. The number of nitrogens with one attached hydrogen (secondary N) is 1. The number of hydrazone groups is 1. The summed E-state index contributed by atoms with van der Waals surface area (Å²) in [5.41, 5.74) is 5.03. The normalized spacial score (nSPS) is 11.9. The smallest absolute Gasteiger partial charge is 0.224 e. The summed E-state index contributed by atoms with van der Waals surface area (Å²) in [6, 6.07) is 7.68. The topological polar surface area (TPSA) is 55.1 Å². The number of imidazole rings is 1. The average Bonchev–Trinajstić information content (AvgIpc) is 2.82. The third-order valence-electron chi connectivity index (χ3n) is 3.28. The molecule has 2 aromatic heterocycles. The molecule has 0 saturated heterocycles. The van der Waals surface area contributed by atoms with Crippen LogP contribution in [0.25, 0.3) is 11.0 Å². The van der Waals surface area contributed by atoms with Crippen LogP contribution in [0.4, 0.5) is 14.7 Å². The maximum Gasteiger partial charge on any atom is 0.224 e. The fourth-order valence-electron chi connectivity index (χ4n) is 2.06. The van der Waals surface area contributed by atoms with Crippen molar-refractivity contribution >= 4 is 22.7 Å². The molecule has 0 aliphatic heterocycles. The molecule has 0 atom stereocenters. The molecule has 0 unspecified atom stereocenters. The van der Waals surface area contributed by atoms with E-state index in [1.165, 1.54) is 0 Å². The predicted molar refractivity (Wildman–Crippen MR) is 80.7 cm³/mol. The van der Waals surface area contributed by atoms with E-state index in [9.17, 15) is 8.78 Å². The van der Waals surface area contributed by atoms with Gasteiger partial charge in [-0.05, 0) is 19.1 Å². The van der Waals surface area contributed by atoms with Crippen molar-refractivity contribution in [3.05, 3.63) is 53.9 Å². The van der Waals surface area contributed by atoms with Crippen molar-refractivity contribution in [1.82, 2.24) is 14.5 Å². The van der Waals surface area contributed by atoms with E-state index in [-0.39, 0.29) is 0 Å². The van der Waals surface area contributed by atoms with Crippen LogP contribution < -0.4 is 5.43 Å². The molecule has 0 spiro atoms. The standard InChI is InChI=1S/C15H13F2N5/c1-9(12-5-3-4-6-18-12)20-21-15-19-13-7-10(16)11(17)8-14(13)22(15)2/h3-8H,1-2H3,(H,19,21)/b20-9+. The number of anilines is 1. The van der Waals surface area contributed by atoms with Gasteiger partial charge >= 0.3 is 0 Å². The monoisotopic (exact) mass is 301 g/mol. The first-order valence-electron chi connectivity index (χ1n) is 6.59. The van der Waals surface area contributed by atoms with Gasteiger partial charge in [0.2, 0.25) is 5.95 Å². The zero-order valence-electron chi connectivity index (χ0n) is 12.0. The predicted octanol–water partition coefficient (Wildman–Crippen LogP) is 3.08. The molecule has 1 aromatic carbocycles. The molecule has 7 heteroatoms. The Morgan fingerprint density at radius 3 is 2.73 bits per heavy atom. The van der Waals surface area contributed by atoms with Gasteiger partial charge in [0.15, 0.2) is 11.6 Å². The van der Waals surface area contributed by atoms with E-state index < -0.39 is 11.6 Å². The lowest BCUT2D eigenvalue weighted by molar-refractivity contribution is 0.510. The van der Waals surface area contributed by atoms with E-state index in [0.717, 1.165) is 17.8 Å². The summed E-state index contributed by atoms with van der Waals surface area (Å²) in [6.07, 6.45) is 1.68. The number of rotatable bonds is 3. The highest BCUT2D eigenvalue weighted by Crippen LogP contribution is 2.21.